The van der Waals surface area contributed by atoms with Crippen LogP contribution in [0.2, 0.25) is 0 Å². The number of hydrogen-bond acceptors (Lipinski definition) is 2. The summed E-state index contributed by atoms with van der Waals surface area (Å²) in [4.78, 5) is 4.36. The van der Waals surface area contributed by atoms with Crippen molar-refractivity contribution in [2.24, 2.45) is 0 Å². The van der Waals surface area contributed by atoms with Crippen molar-refractivity contribution in [3.8, 4) is 0 Å². The van der Waals surface area contributed by atoms with E-state index in [-0.39, 0.29) is 6.10 Å². The maximum atomic E-state index is 5.26. The van der Waals surface area contributed by atoms with Gasteiger partial charge in [-0.05, 0) is 25.5 Å². The minimum absolute atomic E-state index is 0.127. The topological polar surface area (TPSA) is 26.5 Å². The molecule has 3 nitrogen and oxygen atoms in total. The zero-order chi connectivity index (χ0) is 12.1. The van der Waals surface area contributed by atoms with Crippen molar-refractivity contribution in [2.45, 2.75) is 33.8 Å². The summed E-state index contributed by atoms with van der Waals surface area (Å²) in [6.07, 6.45) is 4.20. The van der Waals surface area contributed by atoms with Crippen LogP contribution in [0.15, 0.2) is 24.5 Å². The smallest absolute Gasteiger partial charge is 0.136 e. The molecular weight excluding hydrogens is 200 g/mol. The van der Waals surface area contributed by atoms with Crippen LogP contribution >= 0.6 is 0 Å². The first-order valence-electron chi connectivity index (χ1n) is 5.69. The summed E-state index contributed by atoms with van der Waals surface area (Å²) in [5.74, 6) is 0. The van der Waals surface area contributed by atoms with Crippen LogP contribution in [-0.2, 0) is 4.74 Å². The molecule has 0 radical (unpaired) electrons. The first-order valence-corrected chi connectivity index (χ1v) is 5.69. The number of aromatic nitrogens is 2. The highest BCUT2D eigenvalue weighted by atomic mass is 16.5. The number of hydrogen-bond donors (Lipinski definition) is 0. The Kier molecular flexibility index (Phi) is 4.50. The Morgan fingerprint density at radius 1 is 1.25 bits per heavy atom. The number of aryl methyl sites for hydroxylation is 1. The second kappa shape index (κ2) is 5.66. The molecule has 0 aromatic carbocycles. The Hall–Kier alpha value is -1.35. The molecule has 16 heavy (non-hydrogen) atoms. The second-order valence-corrected chi connectivity index (χ2v) is 3.49. The zero-order valence-electron chi connectivity index (χ0n) is 10.7. The van der Waals surface area contributed by atoms with E-state index in [1.165, 1.54) is 0 Å². The zero-order valence-corrected chi connectivity index (χ0v) is 10.7. The van der Waals surface area contributed by atoms with Crippen molar-refractivity contribution in [2.75, 3.05) is 7.11 Å². The van der Waals surface area contributed by atoms with Crippen LogP contribution in [0.25, 0.3) is 5.65 Å². The molecule has 0 spiro atoms. The SMILES string of the molecule is CC.COC(C)c1ccc2nc(C)cn2c1. The lowest BCUT2D eigenvalue weighted by atomic mass is 10.2. The van der Waals surface area contributed by atoms with Gasteiger partial charge in [0.15, 0.2) is 0 Å². The van der Waals surface area contributed by atoms with Gasteiger partial charge in [0.2, 0.25) is 0 Å². The number of imidazole rings is 1. The molecule has 0 N–H and O–H groups in total. The summed E-state index contributed by atoms with van der Waals surface area (Å²) < 4.78 is 7.29. The van der Waals surface area contributed by atoms with Gasteiger partial charge in [0.25, 0.3) is 0 Å². The van der Waals surface area contributed by atoms with Crippen molar-refractivity contribution in [1.29, 1.82) is 0 Å². The van der Waals surface area contributed by atoms with E-state index in [9.17, 15) is 0 Å². The maximum Gasteiger partial charge on any atom is 0.136 e. The van der Waals surface area contributed by atoms with E-state index in [4.69, 9.17) is 4.74 Å². The van der Waals surface area contributed by atoms with E-state index in [0.29, 0.717) is 0 Å². The van der Waals surface area contributed by atoms with Gasteiger partial charge in [-0.3, -0.25) is 0 Å². The number of ether oxygens (including phenoxy) is 1. The molecule has 88 valence electrons. The Bertz CT molecular complexity index is 448. The molecule has 0 aliphatic carbocycles. The van der Waals surface area contributed by atoms with Crippen LogP contribution in [0, 0.1) is 6.92 Å². The van der Waals surface area contributed by atoms with Gasteiger partial charge in [-0.1, -0.05) is 19.9 Å². The lowest BCUT2D eigenvalue weighted by molar-refractivity contribution is 0.119. The predicted octanol–water partition coefficient (Wildman–Crippen LogP) is 3.38. The fourth-order valence-corrected chi connectivity index (χ4v) is 1.51. The Labute approximate surface area is 97.1 Å². The summed E-state index contributed by atoms with van der Waals surface area (Å²) in [6, 6.07) is 4.06. The minimum atomic E-state index is 0.127. The van der Waals surface area contributed by atoms with E-state index in [0.717, 1.165) is 16.9 Å². The van der Waals surface area contributed by atoms with Crippen molar-refractivity contribution in [3.05, 3.63) is 35.8 Å². The van der Waals surface area contributed by atoms with Crippen LogP contribution in [0.3, 0.4) is 0 Å². The fourth-order valence-electron chi connectivity index (χ4n) is 1.51. The van der Waals surface area contributed by atoms with Crippen LogP contribution in [0.5, 0.6) is 0 Å². The van der Waals surface area contributed by atoms with E-state index >= 15 is 0 Å². The average Bonchev–Trinajstić information content (AvgIpc) is 2.69. The number of pyridine rings is 1. The summed E-state index contributed by atoms with van der Waals surface area (Å²) in [5, 5.41) is 0. The second-order valence-electron chi connectivity index (χ2n) is 3.49. The maximum absolute atomic E-state index is 5.26. The molecule has 2 rings (SSSR count). The van der Waals surface area contributed by atoms with Gasteiger partial charge in [0, 0.05) is 19.5 Å². The highest BCUT2D eigenvalue weighted by Gasteiger charge is 2.05. The first kappa shape index (κ1) is 12.7. The van der Waals surface area contributed by atoms with Crippen LogP contribution in [0.4, 0.5) is 0 Å². The summed E-state index contributed by atoms with van der Waals surface area (Å²) in [7, 11) is 1.72. The molecule has 0 amide bonds. The quantitative estimate of drug-likeness (QED) is 0.775. The van der Waals surface area contributed by atoms with Gasteiger partial charge in [0.05, 0.1) is 11.8 Å². The Morgan fingerprint density at radius 2 is 1.94 bits per heavy atom. The van der Waals surface area contributed by atoms with Gasteiger partial charge < -0.3 is 9.14 Å². The monoisotopic (exact) mass is 220 g/mol. The van der Waals surface area contributed by atoms with E-state index in [1.807, 2.05) is 44.4 Å². The lowest BCUT2D eigenvalue weighted by Crippen LogP contribution is -1.97. The van der Waals surface area contributed by atoms with Crippen molar-refractivity contribution >= 4 is 5.65 Å². The number of rotatable bonds is 2. The van der Waals surface area contributed by atoms with Gasteiger partial charge in [-0.15, -0.1) is 0 Å². The lowest BCUT2D eigenvalue weighted by Gasteiger charge is -2.09. The fraction of sp³-hybridized carbons (Fsp3) is 0.462. The van der Waals surface area contributed by atoms with Gasteiger partial charge in [0.1, 0.15) is 5.65 Å². The number of fused-ring (bicyclic) bond motifs is 1. The molecule has 0 saturated carbocycles. The highest BCUT2D eigenvalue weighted by Crippen LogP contribution is 2.16. The summed E-state index contributed by atoms with van der Waals surface area (Å²) >= 11 is 0. The van der Waals surface area contributed by atoms with Crippen molar-refractivity contribution in [1.82, 2.24) is 9.38 Å². The molecule has 1 atom stereocenters. The average molecular weight is 220 g/mol. The van der Waals surface area contributed by atoms with Crippen LogP contribution in [-0.4, -0.2) is 16.5 Å². The molecule has 0 fully saturated rings. The standard InChI is InChI=1S/C11H14N2O.C2H6/c1-8-6-13-7-10(9(2)14-3)4-5-11(13)12-8;1-2/h4-7,9H,1-3H3;1-2H3. The molecule has 1 unspecified atom stereocenters. The normalized spacial score (nSPS) is 12.1. The Balaban J connectivity index is 0.000000606. The third-order valence-electron chi connectivity index (χ3n) is 2.42. The molecule has 2 heterocycles. The molecule has 0 saturated heterocycles. The van der Waals surface area contributed by atoms with Gasteiger partial charge >= 0.3 is 0 Å². The third kappa shape index (κ3) is 2.61. The summed E-state index contributed by atoms with van der Waals surface area (Å²) in [5.41, 5.74) is 3.18. The van der Waals surface area contributed by atoms with E-state index < -0.39 is 0 Å². The summed E-state index contributed by atoms with van der Waals surface area (Å²) in [6.45, 7) is 8.03. The van der Waals surface area contributed by atoms with Crippen LogP contribution in [0.1, 0.15) is 38.1 Å². The molecule has 0 aliphatic heterocycles. The van der Waals surface area contributed by atoms with Crippen molar-refractivity contribution < 1.29 is 4.74 Å². The highest BCUT2D eigenvalue weighted by molar-refractivity contribution is 5.41. The van der Waals surface area contributed by atoms with E-state index in [1.54, 1.807) is 7.11 Å². The van der Waals surface area contributed by atoms with E-state index in [2.05, 4.69) is 17.2 Å². The third-order valence-corrected chi connectivity index (χ3v) is 2.42. The van der Waals surface area contributed by atoms with Crippen LogP contribution < -0.4 is 0 Å². The molecule has 3 heteroatoms. The number of methoxy groups -OCH3 is 1. The van der Waals surface area contributed by atoms with Crippen molar-refractivity contribution in [3.63, 3.8) is 0 Å². The molecule has 2 aromatic rings. The molecule has 2 aromatic heterocycles. The van der Waals surface area contributed by atoms with Gasteiger partial charge in [-0.25, -0.2) is 4.98 Å². The largest absolute Gasteiger partial charge is 0.377 e. The molecule has 0 bridgehead atoms. The Morgan fingerprint density at radius 3 is 2.56 bits per heavy atom. The molecular formula is C13H20N2O. The minimum Gasteiger partial charge on any atom is -0.377 e. The first-order chi connectivity index (χ1) is 7.70. The van der Waals surface area contributed by atoms with Gasteiger partial charge in [-0.2, -0.15) is 0 Å². The predicted molar refractivity (Wildman–Crippen MR) is 66.7 cm³/mol. The number of nitrogens with zero attached hydrogens (tertiary/aromatic N) is 2. The molecule has 0 aliphatic rings.